The van der Waals surface area contributed by atoms with Crippen molar-refractivity contribution >= 4 is 16.8 Å². The molecule has 1 aliphatic heterocycles. The fraction of sp³-hybridized carbons (Fsp3) is 0.381. The first-order valence-electron chi connectivity index (χ1n) is 9.28. The fourth-order valence-electron chi connectivity index (χ4n) is 3.51. The first kappa shape index (κ1) is 16.8. The molecule has 0 unspecified atom stereocenters. The van der Waals surface area contributed by atoms with E-state index in [0.717, 1.165) is 59.2 Å². The molecule has 134 valence electrons. The molecule has 26 heavy (non-hydrogen) atoms. The second kappa shape index (κ2) is 6.56. The maximum Gasteiger partial charge on any atom is 0.254 e. The van der Waals surface area contributed by atoms with Gasteiger partial charge in [-0.2, -0.15) is 5.10 Å². The van der Waals surface area contributed by atoms with Gasteiger partial charge < -0.3 is 4.90 Å². The molecular weight excluding hydrogens is 324 g/mol. The lowest BCUT2D eigenvalue weighted by Gasteiger charge is -2.17. The van der Waals surface area contributed by atoms with Gasteiger partial charge >= 0.3 is 0 Å². The fourth-order valence-corrected chi connectivity index (χ4v) is 3.51. The van der Waals surface area contributed by atoms with Crippen LogP contribution in [0.25, 0.3) is 22.2 Å². The molecule has 4 rings (SSSR count). The normalized spacial score (nSPS) is 14.5. The Hall–Kier alpha value is -2.69. The lowest BCUT2D eigenvalue weighted by atomic mass is 10.0. The molecule has 1 aliphatic rings. The molecule has 0 saturated carbocycles. The summed E-state index contributed by atoms with van der Waals surface area (Å²) in [6, 6.07) is 8.33. The average molecular weight is 348 g/mol. The minimum atomic E-state index is 0.108. The Bertz CT molecular complexity index is 967. The SMILES string of the molecule is Cc1ccc2c(C(=O)N3CCCC3)cc(-c3cnn(C(C)C)c3)nc2c1. The van der Waals surface area contributed by atoms with Gasteiger partial charge in [-0.25, -0.2) is 4.98 Å². The Morgan fingerprint density at radius 2 is 1.92 bits per heavy atom. The molecule has 1 aromatic carbocycles. The number of fused-ring (bicyclic) bond motifs is 1. The molecule has 5 heteroatoms. The predicted octanol–water partition coefficient (Wildman–Crippen LogP) is 4.22. The molecule has 1 saturated heterocycles. The third-order valence-electron chi connectivity index (χ3n) is 5.02. The van der Waals surface area contributed by atoms with Crippen molar-refractivity contribution in [1.82, 2.24) is 19.7 Å². The maximum absolute atomic E-state index is 13.1. The standard InChI is InChI=1S/C21H24N4O/c1-14(2)25-13-16(12-22-25)19-11-18(21(26)24-8-4-5-9-24)17-7-6-15(3)10-20(17)23-19/h6-7,10-14H,4-5,8-9H2,1-3H3. The number of aryl methyl sites for hydroxylation is 1. The Kier molecular flexibility index (Phi) is 4.23. The number of carbonyl (C=O) groups is 1. The lowest BCUT2D eigenvalue weighted by Crippen LogP contribution is -2.27. The van der Waals surface area contributed by atoms with E-state index in [4.69, 9.17) is 4.98 Å². The van der Waals surface area contributed by atoms with Crippen molar-refractivity contribution in [2.45, 2.75) is 39.7 Å². The number of aromatic nitrogens is 3. The van der Waals surface area contributed by atoms with E-state index in [2.05, 4.69) is 18.9 Å². The van der Waals surface area contributed by atoms with Crippen LogP contribution in [0.4, 0.5) is 0 Å². The molecule has 5 nitrogen and oxygen atoms in total. The summed E-state index contributed by atoms with van der Waals surface area (Å²) in [4.78, 5) is 19.9. The Labute approximate surface area is 153 Å². The largest absolute Gasteiger partial charge is 0.339 e. The van der Waals surface area contributed by atoms with Gasteiger partial charge in [0.05, 0.1) is 23.0 Å². The van der Waals surface area contributed by atoms with Crippen LogP contribution in [0, 0.1) is 6.92 Å². The van der Waals surface area contributed by atoms with Crippen LogP contribution in [0.3, 0.4) is 0 Å². The number of amides is 1. The summed E-state index contributed by atoms with van der Waals surface area (Å²) >= 11 is 0. The molecule has 1 fully saturated rings. The van der Waals surface area contributed by atoms with Gasteiger partial charge in [-0.1, -0.05) is 12.1 Å². The summed E-state index contributed by atoms with van der Waals surface area (Å²) in [5, 5.41) is 5.35. The molecule has 0 N–H and O–H groups in total. The third kappa shape index (κ3) is 2.98. The van der Waals surface area contributed by atoms with Crippen LogP contribution in [0.5, 0.6) is 0 Å². The molecule has 2 aromatic heterocycles. The van der Waals surface area contributed by atoms with Crippen molar-refractivity contribution in [3.63, 3.8) is 0 Å². The van der Waals surface area contributed by atoms with E-state index < -0.39 is 0 Å². The Morgan fingerprint density at radius 1 is 1.15 bits per heavy atom. The molecule has 0 bridgehead atoms. The number of likely N-dealkylation sites (tertiary alicyclic amines) is 1. The Balaban J connectivity index is 1.86. The smallest absolute Gasteiger partial charge is 0.254 e. The van der Waals surface area contributed by atoms with E-state index in [0.29, 0.717) is 0 Å². The van der Waals surface area contributed by atoms with Crippen LogP contribution in [0.2, 0.25) is 0 Å². The van der Waals surface area contributed by atoms with E-state index in [-0.39, 0.29) is 11.9 Å². The van der Waals surface area contributed by atoms with Crippen LogP contribution >= 0.6 is 0 Å². The average Bonchev–Trinajstić information content (AvgIpc) is 3.31. The quantitative estimate of drug-likeness (QED) is 0.712. The monoisotopic (exact) mass is 348 g/mol. The molecular formula is C21H24N4O. The number of rotatable bonds is 3. The van der Waals surface area contributed by atoms with Crippen molar-refractivity contribution in [1.29, 1.82) is 0 Å². The number of carbonyl (C=O) groups excluding carboxylic acids is 1. The minimum Gasteiger partial charge on any atom is -0.339 e. The molecule has 1 amide bonds. The zero-order valence-corrected chi connectivity index (χ0v) is 15.6. The second-order valence-electron chi connectivity index (χ2n) is 7.38. The van der Waals surface area contributed by atoms with Gasteiger partial charge in [0.25, 0.3) is 5.91 Å². The second-order valence-corrected chi connectivity index (χ2v) is 7.38. The number of hydrogen-bond donors (Lipinski definition) is 0. The van der Waals surface area contributed by atoms with E-state index in [1.54, 1.807) is 0 Å². The highest BCUT2D eigenvalue weighted by molar-refractivity contribution is 6.07. The van der Waals surface area contributed by atoms with Crippen LogP contribution in [-0.4, -0.2) is 38.7 Å². The van der Waals surface area contributed by atoms with Crippen molar-refractivity contribution < 1.29 is 4.79 Å². The summed E-state index contributed by atoms with van der Waals surface area (Å²) in [6.07, 6.45) is 6.00. The number of benzene rings is 1. The van der Waals surface area contributed by atoms with Crippen LogP contribution in [0.1, 0.15) is 48.7 Å². The highest BCUT2D eigenvalue weighted by atomic mass is 16.2. The minimum absolute atomic E-state index is 0.108. The van der Waals surface area contributed by atoms with Gasteiger partial charge in [0.15, 0.2) is 0 Å². The van der Waals surface area contributed by atoms with E-state index in [1.807, 2.05) is 53.2 Å². The van der Waals surface area contributed by atoms with Gasteiger partial charge in [0.2, 0.25) is 0 Å². The van der Waals surface area contributed by atoms with Gasteiger partial charge in [0, 0.05) is 36.3 Å². The summed E-state index contributed by atoms with van der Waals surface area (Å²) in [5.41, 5.74) is 4.49. The van der Waals surface area contributed by atoms with Crippen LogP contribution in [0.15, 0.2) is 36.7 Å². The Morgan fingerprint density at radius 3 is 2.62 bits per heavy atom. The molecule has 0 aliphatic carbocycles. The van der Waals surface area contributed by atoms with Crippen molar-refractivity contribution in [3.8, 4) is 11.3 Å². The summed E-state index contributed by atoms with van der Waals surface area (Å²) in [6.45, 7) is 7.92. The van der Waals surface area contributed by atoms with Crippen LogP contribution < -0.4 is 0 Å². The zero-order valence-electron chi connectivity index (χ0n) is 15.6. The van der Waals surface area contributed by atoms with E-state index >= 15 is 0 Å². The highest BCUT2D eigenvalue weighted by Crippen LogP contribution is 2.27. The van der Waals surface area contributed by atoms with Gasteiger partial charge in [-0.3, -0.25) is 9.48 Å². The summed E-state index contributed by atoms with van der Waals surface area (Å²) in [7, 11) is 0. The molecule has 0 atom stereocenters. The number of hydrogen-bond acceptors (Lipinski definition) is 3. The molecule has 0 radical (unpaired) electrons. The predicted molar refractivity (Wildman–Crippen MR) is 103 cm³/mol. The third-order valence-corrected chi connectivity index (χ3v) is 5.02. The van der Waals surface area contributed by atoms with Gasteiger partial charge in [0.1, 0.15) is 0 Å². The van der Waals surface area contributed by atoms with Gasteiger partial charge in [-0.15, -0.1) is 0 Å². The number of nitrogens with zero attached hydrogens (tertiary/aromatic N) is 4. The topological polar surface area (TPSA) is 51.0 Å². The van der Waals surface area contributed by atoms with Gasteiger partial charge in [-0.05, 0) is 51.3 Å². The molecule has 3 aromatic rings. The maximum atomic E-state index is 13.1. The molecule has 0 spiro atoms. The molecule has 3 heterocycles. The zero-order chi connectivity index (χ0) is 18.3. The van der Waals surface area contributed by atoms with Crippen molar-refractivity contribution in [3.05, 3.63) is 47.8 Å². The van der Waals surface area contributed by atoms with E-state index in [1.165, 1.54) is 0 Å². The lowest BCUT2D eigenvalue weighted by molar-refractivity contribution is 0.0794. The number of pyridine rings is 1. The van der Waals surface area contributed by atoms with E-state index in [9.17, 15) is 4.79 Å². The highest BCUT2D eigenvalue weighted by Gasteiger charge is 2.23. The summed E-state index contributed by atoms with van der Waals surface area (Å²) < 4.78 is 1.92. The first-order chi connectivity index (χ1) is 12.5. The summed E-state index contributed by atoms with van der Waals surface area (Å²) in [5.74, 6) is 0.108. The van der Waals surface area contributed by atoms with Crippen molar-refractivity contribution in [2.24, 2.45) is 0 Å². The first-order valence-corrected chi connectivity index (χ1v) is 9.28. The van der Waals surface area contributed by atoms with Crippen LogP contribution in [-0.2, 0) is 0 Å². The van der Waals surface area contributed by atoms with Crippen molar-refractivity contribution in [2.75, 3.05) is 13.1 Å².